The maximum Gasteiger partial charge on any atom is 0.117 e. The Bertz CT molecular complexity index is 164. The van der Waals surface area contributed by atoms with E-state index in [2.05, 4.69) is 11.8 Å². The van der Waals surface area contributed by atoms with Crippen LogP contribution in [-0.4, -0.2) is 11.2 Å². The quantitative estimate of drug-likeness (QED) is 0.573. The van der Waals surface area contributed by atoms with Crippen molar-refractivity contribution in [1.29, 1.82) is 0 Å². The fourth-order valence-corrected chi connectivity index (χ4v) is 0.457. The lowest BCUT2D eigenvalue weighted by atomic mass is 9.96. The van der Waals surface area contributed by atoms with E-state index in [-0.39, 0.29) is 11.3 Å². The van der Waals surface area contributed by atoms with Crippen LogP contribution in [0, 0.1) is 23.2 Å². The van der Waals surface area contributed by atoms with Crippen LogP contribution in [-0.2, 0) is 0 Å². The number of aliphatic hydroxyl groups is 1. The Hall–Kier alpha value is -0.480. The lowest BCUT2D eigenvalue weighted by molar-refractivity contribution is 0.181. The minimum atomic E-state index is -0.478. The predicted molar refractivity (Wildman–Crippen MR) is 48.1 cm³/mol. The van der Waals surface area contributed by atoms with Gasteiger partial charge in [-0.3, -0.25) is 0 Å². The molecule has 0 unspecified atom stereocenters. The molecule has 0 aliphatic heterocycles. The second-order valence-corrected chi connectivity index (χ2v) is 4.21. The molecule has 0 aromatic heterocycles. The van der Waals surface area contributed by atoms with Crippen LogP contribution in [0.3, 0.4) is 0 Å². The van der Waals surface area contributed by atoms with Crippen LogP contribution in [0.4, 0.5) is 0 Å². The SMILES string of the molecule is CC(C)[C@@H](O)C#CC(C)(C)C. The van der Waals surface area contributed by atoms with Gasteiger partial charge in [-0.15, -0.1) is 0 Å². The lowest BCUT2D eigenvalue weighted by Crippen LogP contribution is -2.12. The summed E-state index contributed by atoms with van der Waals surface area (Å²) in [4.78, 5) is 0. The highest BCUT2D eigenvalue weighted by Gasteiger charge is 2.07. The zero-order chi connectivity index (χ0) is 9.07. The Morgan fingerprint density at radius 2 is 1.64 bits per heavy atom. The third kappa shape index (κ3) is 5.94. The smallest absolute Gasteiger partial charge is 0.117 e. The van der Waals surface area contributed by atoms with E-state index in [1.807, 2.05) is 34.6 Å². The van der Waals surface area contributed by atoms with Crippen LogP contribution in [0.15, 0.2) is 0 Å². The lowest BCUT2D eigenvalue weighted by Gasteiger charge is -2.10. The first-order chi connectivity index (χ1) is 4.83. The summed E-state index contributed by atoms with van der Waals surface area (Å²) in [6.07, 6.45) is -0.478. The first-order valence-electron chi connectivity index (χ1n) is 4.03. The van der Waals surface area contributed by atoms with Gasteiger partial charge in [0.15, 0.2) is 0 Å². The highest BCUT2D eigenvalue weighted by molar-refractivity contribution is 5.11. The number of hydrogen-bond donors (Lipinski definition) is 1. The van der Waals surface area contributed by atoms with Crippen molar-refractivity contribution in [2.24, 2.45) is 11.3 Å². The minimum absolute atomic E-state index is 0.00410. The summed E-state index contributed by atoms with van der Waals surface area (Å²) in [6.45, 7) is 10.0. The molecule has 1 atom stereocenters. The zero-order valence-corrected chi connectivity index (χ0v) is 8.10. The predicted octanol–water partition coefficient (Wildman–Crippen LogP) is 2.05. The van der Waals surface area contributed by atoms with Crippen LogP contribution in [0.5, 0.6) is 0 Å². The van der Waals surface area contributed by atoms with E-state index in [9.17, 15) is 5.11 Å². The van der Waals surface area contributed by atoms with Gasteiger partial charge in [0, 0.05) is 5.41 Å². The Labute approximate surface area is 69.8 Å². The van der Waals surface area contributed by atoms with Crippen molar-refractivity contribution in [3.8, 4) is 11.8 Å². The molecule has 0 aliphatic carbocycles. The average Bonchev–Trinajstić information content (AvgIpc) is 1.80. The Balaban J connectivity index is 4.08. The second-order valence-electron chi connectivity index (χ2n) is 4.21. The van der Waals surface area contributed by atoms with Gasteiger partial charge in [-0.2, -0.15) is 0 Å². The van der Waals surface area contributed by atoms with Crippen molar-refractivity contribution in [3.05, 3.63) is 0 Å². The molecule has 0 aromatic rings. The van der Waals surface area contributed by atoms with E-state index >= 15 is 0 Å². The van der Waals surface area contributed by atoms with Gasteiger partial charge in [0.1, 0.15) is 6.10 Å². The van der Waals surface area contributed by atoms with Crippen LogP contribution < -0.4 is 0 Å². The number of aliphatic hydroxyl groups excluding tert-OH is 1. The molecular formula is C10H18O. The molecule has 0 saturated carbocycles. The van der Waals surface area contributed by atoms with E-state index < -0.39 is 6.10 Å². The summed E-state index contributed by atoms with van der Waals surface area (Å²) in [7, 11) is 0. The molecule has 0 saturated heterocycles. The molecule has 0 aromatic carbocycles. The van der Waals surface area contributed by atoms with Crippen molar-refractivity contribution in [2.75, 3.05) is 0 Å². The molecule has 0 radical (unpaired) electrons. The van der Waals surface area contributed by atoms with E-state index in [0.717, 1.165) is 0 Å². The second kappa shape index (κ2) is 3.78. The summed E-state index contributed by atoms with van der Waals surface area (Å²) in [5.41, 5.74) is -0.00410. The van der Waals surface area contributed by atoms with Crippen molar-refractivity contribution < 1.29 is 5.11 Å². The fraction of sp³-hybridized carbons (Fsp3) is 0.800. The third-order valence-electron chi connectivity index (χ3n) is 1.23. The van der Waals surface area contributed by atoms with Crippen LogP contribution in [0.25, 0.3) is 0 Å². The van der Waals surface area contributed by atoms with Crippen molar-refractivity contribution in [2.45, 2.75) is 40.7 Å². The Kier molecular flexibility index (Phi) is 3.62. The highest BCUT2D eigenvalue weighted by atomic mass is 16.3. The van der Waals surface area contributed by atoms with Gasteiger partial charge in [0.05, 0.1) is 0 Å². The fourth-order valence-electron chi connectivity index (χ4n) is 0.457. The summed E-state index contributed by atoms with van der Waals surface area (Å²) in [6, 6.07) is 0. The molecule has 1 N–H and O–H groups in total. The molecule has 0 heterocycles. The maximum atomic E-state index is 9.32. The molecule has 0 bridgehead atoms. The van der Waals surface area contributed by atoms with Gasteiger partial charge in [-0.05, 0) is 26.7 Å². The van der Waals surface area contributed by atoms with E-state index in [1.54, 1.807) is 0 Å². The molecule has 1 nitrogen and oxygen atoms in total. The first-order valence-corrected chi connectivity index (χ1v) is 4.03. The number of hydrogen-bond acceptors (Lipinski definition) is 1. The summed E-state index contributed by atoms with van der Waals surface area (Å²) >= 11 is 0. The molecule has 0 rings (SSSR count). The van der Waals surface area contributed by atoms with Crippen molar-refractivity contribution >= 4 is 0 Å². The number of rotatable bonds is 1. The third-order valence-corrected chi connectivity index (χ3v) is 1.23. The minimum Gasteiger partial charge on any atom is -0.380 e. The van der Waals surface area contributed by atoms with Crippen LogP contribution in [0.2, 0.25) is 0 Å². The highest BCUT2D eigenvalue weighted by Crippen LogP contribution is 2.10. The molecule has 11 heavy (non-hydrogen) atoms. The molecule has 64 valence electrons. The Morgan fingerprint density at radius 1 is 1.18 bits per heavy atom. The normalized spacial score (nSPS) is 14.1. The zero-order valence-electron chi connectivity index (χ0n) is 8.10. The van der Waals surface area contributed by atoms with Gasteiger partial charge < -0.3 is 5.11 Å². The Morgan fingerprint density at radius 3 is 1.91 bits per heavy atom. The molecule has 1 heteroatoms. The standard InChI is InChI=1S/C10H18O/c1-8(2)9(11)6-7-10(3,4)5/h8-9,11H,1-5H3/t9-/m0/s1. The molecule has 0 amide bonds. The van der Waals surface area contributed by atoms with E-state index in [1.165, 1.54) is 0 Å². The van der Waals surface area contributed by atoms with Gasteiger partial charge in [-0.25, -0.2) is 0 Å². The molecule has 0 aliphatic rings. The molecule has 0 fully saturated rings. The molecule has 0 spiro atoms. The van der Waals surface area contributed by atoms with Crippen LogP contribution in [0.1, 0.15) is 34.6 Å². The topological polar surface area (TPSA) is 20.2 Å². The van der Waals surface area contributed by atoms with Gasteiger partial charge in [0.25, 0.3) is 0 Å². The monoisotopic (exact) mass is 154 g/mol. The summed E-state index contributed by atoms with van der Waals surface area (Å²) in [5, 5.41) is 9.32. The van der Waals surface area contributed by atoms with Crippen molar-refractivity contribution in [1.82, 2.24) is 0 Å². The first kappa shape index (κ1) is 10.5. The summed E-state index contributed by atoms with van der Waals surface area (Å²) in [5.74, 6) is 6.06. The largest absolute Gasteiger partial charge is 0.380 e. The summed E-state index contributed by atoms with van der Waals surface area (Å²) < 4.78 is 0. The van der Waals surface area contributed by atoms with E-state index in [0.29, 0.717) is 0 Å². The van der Waals surface area contributed by atoms with Crippen molar-refractivity contribution in [3.63, 3.8) is 0 Å². The van der Waals surface area contributed by atoms with Gasteiger partial charge in [0.2, 0.25) is 0 Å². The van der Waals surface area contributed by atoms with Gasteiger partial charge >= 0.3 is 0 Å². The van der Waals surface area contributed by atoms with Gasteiger partial charge in [-0.1, -0.05) is 25.7 Å². The van der Waals surface area contributed by atoms with E-state index in [4.69, 9.17) is 0 Å². The maximum absolute atomic E-state index is 9.32. The van der Waals surface area contributed by atoms with Crippen LogP contribution >= 0.6 is 0 Å². The average molecular weight is 154 g/mol. The molecular weight excluding hydrogens is 136 g/mol.